The van der Waals surface area contributed by atoms with E-state index in [-0.39, 0.29) is 24.2 Å². The third kappa shape index (κ3) is 3.64. The normalized spacial score (nSPS) is 16.9. The van der Waals surface area contributed by atoms with Crippen LogP contribution in [0, 0.1) is 5.92 Å². The van der Waals surface area contributed by atoms with E-state index in [0.717, 1.165) is 11.1 Å². The van der Waals surface area contributed by atoms with Gasteiger partial charge in [-0.25, -0.2) is 4.63 Å². The Morgan fingerprint density at radius 2 is 1.96 bits per heavy atom. The van der Waals surface area contributed by atoms with E-state index in [0.29, 0.717) is 30.7 Å². The maximum absolute atomic E-state index is 12.8. The highest BCUT2D eigenvalue weighted by molar-refractivity contribution is 5.89. The SMILES string of the molecule is CN(Cc1ccc2nonc2c1)C(=O)C1CC(=O)N(Cc2ccncc2)C1. The van der Waals surface area contributed by atoms with E-state index in [4.69, 9.17) is 4.63 Å². The molecule has 1 aliphatic heterocycles. The highest BCUT2D eigenvalue weighted by Crippen LogP contribution is 2.23. The van der Waals surface area contributed by atoms with Crippen molar-refractivity contribution < 1.29 is 14.2 Å². The van der Waals surface area contributed by atoms with Crippen LogP contribution < -0.4 is 0 Å². The van der Waals surface area contributed by atoms with E-state index in [1.165, 1.54) is 0 Å². The zero-order chi connectivity index (χ0) is 18.8. The molecule has 138 valence electrons. The number of aromatic nitrogens is 3. The van der Waals surface area contributed by atoms with Gasteiger partial charge in [-0.05, 0) is 45.7 Å². The number of likely N-dealkylation sites (tertiary alicyclic amines) is 1. The summed E-state index contributed by atoms with van der Waals surface area (Å²) in [6.45, 7) is 1.39. The van der Waals surface area contributed by atoms with Crippen molar-refractivity contribution >= 4 is 22.8 Å². The molecule has 0 aliphatic carbocycles. The molecule has 8 nitrogen and oxygen atoms in total. The molecule has 3 aromatic rings. The van der Waals surface area contributed by atoms with Gasteiger partial charge >= 0.3 is 0 Å². The van der Waals surface area contributed by atoms with Crippen molar-refractivity contribution in [2.24, 2.45) is 5.92 Å². The van der Waals surface area contributed by atoms with Crippen LogP contribution in [0.3, 0.4) is 0 Å². The molecule has 1 atom stereocenters. The van der Waals surface area contributed by atoms with Crippen LogP contribution in [0.1, 0.15) is 17.5 Å². The number of amides is 2. The summed E-state index contributed by atoms with van der Waals surface area (Å²) in [6, 6.07) is 9.32. The summed E-state index contributed by atoms with van der Waals surface area (Å²) < 4.78 is 4.70. The molecule has 3 heterocycles. The number of nitrogens with zero attached hydrogens (tertiary/aromatic N) is 5. The number of fused-ring (bicyclic) bond motifs is 1. The van der Waals surface area contributed by atoms with E-state index >= 15 is 0 Å². The Bertz CT molecular complexity index is 972. The molecule has 0 radical (unpaired) electrons. The van der Waals surface area contributed by atoms with Gasteiger partial charge in [0, 0.05) is 45.5 Å². The van der Waals surface area contributed by atoms with Crippen LogP contribution in [-0.4, -0.2) is 50.5 Å². The summed E-state index contributed by atoms with van der Waals surface area (Å²) in [6.07, 6.45) is 3.65. The maximum atomic E-state index is 12.8. The average Bonchev–Trinajstić information content (AvgIpc) is 3.28. The summed E-state index contributed by atoms with van der Waals surface area (Å²) in [7, 11) is 1.75. The summed E-state index contributed by atoms with van der Waals surface area (Å²) in [5, 5.41) is 7.60. The molecule has 8 heteroatoms. The van der Waals surface area contributed by atoms with Crippen molar-refractivity contribution in [3.63, 3.8) is 0 Å². The van der Waals surface area contributed by atoms with E-state index in [2.05, 4.69) is 15.3 Å². The van der Waals surface area contributed by atoms with E-state index in [9.17, 15) is 9.59 Å². The van der Waals surface area contributed by atoms with Crippen molar-refractivity contribution in [3.8, 4) is 0 Å². The summed E-state index contributed by atoms with van der Waals surface area (Å²) in [4.78, 5) is 32.5. The quantitative estimate of drug-likeness (QED) is 0.682. The zero-order valence-electron chi connectivity index (χ0n) is 14.9. The van der Waals surface area contributed by atoms with Gasteiger partial charge in [0.15, 0.2) is 0 Å². The molecular formula is C19H19N5O3. The lowest BCUT2D eigenvalue weighted by Gasteiger charge is -2.21. The minimum atomic E-state index is -0.318. The molecule has 1 aromatic carbocycles. The number of benzene rings is 1. The molecule has 1 aliphatic rings. The van der Waals surface area contributed by atoms with Gasteiger partial charge in [-0.15, -0.1) is 0 Å². The number of rotatable bonds is 5. The summed E-state index contributed by atoms with van der Waals surface area (Å²) >= 11 is 0. The van der Waals surface area contributed by atoms with Crippen molar-refractivity contribution in [1.29, 1.82) is 0 Å². The number of hydrogen-bond acceptors (Lipinski definition) is 6. The van der Waals surface area contributed by atoms with Gasteiger partial charge in [0.1, 0.15) is 11.0 Å². The molecule has 1 saturated heterocycles. The Kier molecular flexibility index (Phi) is 4.53. The second-order valence-corrected chi connectivity index (χ2v) is 6.81. The Balaban J connectivity index is 1.39. The van der Waals surface area contributed by atoms with Crippen LogP contribution in [-0.2, 0) is 22.7 Å². The molecule has 2 amide bonds. The van der Waals surface area contributed by atoms with E-state index in [1.54, 1.807) is 29.2 Å². The number of pyridine rings is 1. The lowest BCUT2D eigenvalue weighted by molar-refractivity contribution is -0.135. The molecule has 0 N–H and O–H groups in total. The first kappa shape index (κ1) is 17.1. The molecule has 4 rings (SSSR count). The summed E-state index contributed by atoms with van der Waals surface area (Å²) in [5.74, 6) is -0.339. The minimum Gasteiger partial charge on any atom is -0.341 e. The van der Waals surface area contributed by atoms with Crippen molar-refractivity contribution in [1.82, 2.24) is 25.1 Å². The molecule has 27 heavy (non-hydrogen) atoms. The van der Waals surface area contributed by atoms with Crippen molar-refractivity contribution in [2.45, 2.75) is 19.5 Å². The van der Waals surface area contributed by atoms with Crippen LogP contribution in [0.15, 0.2) is 47.4 Å². The van der Waals surface area contributed by atoms with Gasteiger partial charge in [-0.1, -0.05) is 6.07 Å². The fraction of sp³-hybridized carbons (Fsp3) is 0.316. The molecule has 2 aromatic heterocycles. The number of carbonyl (C=O) groups is 2. The minimum absolute atomic E-state index is 0.00801. The molecule has 0 spiro atoms. The fourth-order valence-corrected chi connectivity index (χ4v) is 3.39. The second kappa shape index (κ2) is 7.14. The highest BCUT2D eigenvalue weighted by Gasteiger charge is 2.35. The largest absolute Gasteiger partial charge is 0.341 e. The molecule has 0 bridgehead atoms. The lowest BCUT2D eigenvalue weighted by atomic mass is 10.1. The first-order valence-electron chi connectivity index (χ1n) is 8.73. The van der Waals surface area contributed by atoms with Gasteiger partial charge in [0.05, 0.1) is 5.92 Å². The molecule has 1 fully saturated rings. The Labute approximate surface area is 155 Å². The lowest BCUT2D eigenvalue weighted by Crippen LogP contribution is -2.34. The average molecular weight is 365 g/mol. The maximum Gasteiger partial charge on any atom is 0.228 e. The van der Waals surface area contributed by atoms with Crippen LogP contribution in [0.25, 0.3) is 11.0 Å². The predicted molar refractivity (Wildman–Crippen MR) is 96.0 cm³/mol. The van der Waals surface area contributed by atoms with E-state index in [1.807, 2.05) is 30.3 Å². The van der Waals surface area contributed by atoms with Crippen LogP contribution in [0.4, 0.5) is 0 Å². The van der Waals surface area contributed by atoms with Gasteiger partial charge in [0.2, 0.25) is 11.8 Å². The first-order chi connectivity index (χ1) is 13.1. The van der Waals surface area contributed by atoms with Crippen molar-refractivity contribution in [2.75, 3.05) is 13.6 Å². The van der Waals surface area contributed by atoms with Crippen LogP contribution in [0.5, 0.6) is 0 Å². The molecular weight excluding hydrogens is 346 g/mol. The Morgan fingerprint density at radius 3 is 2.78 bits per heavy atom. The number of hydrogen-bond donors (Lipinski definition) is 0. The van der Waals surface area contributed by atoms with Gasteiger partial charge < -0.3 is 9.80 Å². The standard InChI is InChI=1S/C19H19N5O3/c1-23(10-14-2-3-16-17(8-14)22-27-21-16)19(26)15-9-18(25)24(12-15)11-13-4-6-20-7-5-13/h2-8,15H,9-12H2,1H3. The summed E-state index contributed by atoms with van der Waals surface area (Å²) in [5.41, 5.74) is 3.29. The van der Waals surface area contributed by atoms with Crippen molar-refractivity contribution in [3.05, 3.63) is 53.9 Å². The van der Waals surface area contributed by atoms with Gasteiger partial charge in [0.25, 0.3) is 0 Å². The Hall–Kier alpha value is -3.29. The molecule has 0 saturated carbocycles. The topological polar surface area (TPSA) is 92.4 Å². The molecule has 1 unspecified atom stereocenters. The van der Waals surface area contributed by atoms with Crippen LogP contribution in [0.2, 0.25) is 0 Å². The van der Waals surface area contributed by atoms with Gasteiger partial charge in [-0.3, -0.25) is 14.6 Å². The first-order valence-corrected chi connectivity index (χ1v) is 8.73. The fourth-order valence-electron chi connectivity index (χ4n) is 3.39. The second-order valence-electron chi connectivity index (χ2n) is 6.81. The smallest absolute Gasteiger partial charge is 0.228 e. The van der Waals surface area contributed by atoms with E-state index < -0.39 is 0 Å². The predicted octanol–water partition coefficient (Wildman–Crippen LogP) is 1.62. The Morgan fingerprint density at radius 1 is 1.19 bits per heavy atom. The zero-order valence-corrected chi connectivity index (χ0v) is 14.9. The van der Waals surface area contributed by atoms with Gasteiger partial charge in [-0.2, -0.15) is 0 Å². The third-order valence-electron chi connectivity index (χ3n) is 4.80. The highest BCUT2D eigenvalue weighted by atomic mass is 16.6. The monoisotopic (exact) mass is 365 g/mol. The third-order valence-corrected chi connectivity index (χ3v) is 4.80. The number of carbonyl (C=O) groups excluding carboxylic acids is 2. The van der Waals surface area contributed by atoms with Crippen LogP contribution >= 0.6 is 0 Å².